The van der Waals surface area contributed by atoms with Gasteiger partial charge in [0.1, 0.15) is 0 Å². The molecule has 1 N–H and O–H groups in total. The minimum absolute atomic E-state index is 0.00503. The lowest BCUT2D eigenvalue weighted by atomic mass is 10.4. The highest BCUT2D eigenvalue weighted by molar-refractivity contribution is 7.99. The van der Waals surface area contributed by atoms with Crippen LogP contribution in [0.2, 0.25) is 4.34 Å². The summed E-state index contributed by atoms with van der Waals surface area (Å²) < 4.78 is 0.757. The van der Waals surface area contributed by atoms with Gasteiger partial charge in [-0.05, 0) is 25.3 Å². The topological polar surface area (TPSA) is 29.1 Å². The van der Waals surface area contributed by atoms with E-state index in [9.17, 15) is 4.79 Å². The van der Waals surface area contributed by atoms with Gasteiger partial charge in [-0.1, -0.05) is 11.6 Å². The number of hydrogen-bond donors (Lipinski definition) is 1. The molecule has 1 atom stereocenters. The van der Waals surface area contributed by atoms with Gasteiger partial charge in [0.05, 0.1) is 16.1 Å². The highest BCUT2D eigenvalue weighted by atomic mass is 35.5. The predicted octanol–water partition coefficient (Wildman–Crippen LogP) is 2.77. The molecule has 2 nitrogen and oxygen atoms in total. The van der Waals surface area contributed by atoms with Gasteiger partial charge >= 0.3 is 0 Å². The largest absolute Gasteiger partial charge is 0.350 e. The van der Waals surface area contributed by atoms with E-state index in [4.69, 9.17) is 11.6 Å². The van der Waals surface area contributed by atoms with Crippen LogP contribution in [0.15, 0.2) is 12.1 Å². The summed E-state index contributed by atoms with van der Waals surface area (Å²) in [5.41, 5.74) is 0. The zero-order chi connectivity index (χ0) is 10.6. The van der Waals surface area contributed by atoms with Crippen molar-refractivity contribution in [3.63, 3.8) is 0 Å². The van der Waals surface area contributed by atoms with Gasteiger partial charge in [-0.25, -0.2) is 0 Å². The van der Waals surface area contributed by atoms with E-state index >= 15 is 0 Å². The summed E-state index contributed by atoms with van der Waals surface area (Å²) in [6, 6.07) is 3.77. The van der Waals surface area contributed by atoms with Crippen molar-refractivity contribution in [3.05, 3.63) is 21.3 Å². The van der Waals surface area contributed by atoms with E-state index in [-0.39, 0.29) is 11.2 Å². The zero-order valence-electron chi connectivity index (χ0n) is 8.04. The van der Waals surface area contributed by atoms with E-state index in [1.807, 2.05) is 25.3 Å². The van der Waals surface area contributed by atoms with Gasteiger partial charge in [0.2, 0.25) is 5.91 Å². The number of rotatable bonds is 4. The lowest BCUT2D eigenvalue weighted by molar-refractivity contribution is -0.120. The highest BCUT2D eigenvalue weighted by Gasteiger charge is 2.10. The molecule has 0 aliphatic heterocycles. The molecule has 1 amide bonds. The van der Waals surface area contributed by atoms with Crippen LogP contribution in [0, 0.1) is 0 Å². The average molecular weight is 250 g/mol. The third-order valence-electron chi connectivity index (χ3n) is 1.79. The first-order valence-electron chi connectivity index (χ1n) is 4.18. The second kappa shape index (κ2) is 5.63. The minimum atomic E-state index is 0.00503. The van der Waals surface area contributed by atoms with Gasteiger partial charge < -0.3 is 5.32 Å². The summed E-state index contributed by atoms with van der Waals surface area (Å²) in [5.74, 6) is 0.0713. The van der Waals surface area contributed by atoms with Crippen molar-refractivity contribution in [3.8, 4) is 0 Å². The number of carbonyl (C=O) groups excluding carboxylic acids is 1. The molecule has 78 valence electrons. The fourth-order valence-electron chi connectivity index (χ4n) is 0.872. The fourth-order valence-corrected chi connectivity index (χ4v) is 2.20. The van der Waals surface area contributed by atoms with Gasteiger partial charge in [0, 0.05) is 4.88 Å². The summed E-state index contributed by atoms with van der Waals surface area (Å²) in [6.07, 6.45) is 1.92. The molecule has 1 unspecified atom stereocenters. The minimum Gasteiger partial charge on any atom is -0.350 e. The van der Waals surface area contributed by atoms with E-state index in [0.717, 1.165) is 9.21 Å². The molecule has 0 aromatic carbocycles. The van der Waals surface area contributed by atoms with Crippen molar-refractivity contribution >= 4 is 40.6 Å². The Hall–Kier alpha value is -0.190. The van der Waals surface area contributed by atoms with Crippen molar-refractivity contribution in [2.45, 2.75) is 18.7 Å². The quantitative estimate of drug-likeness (QED) is 0.889. The number of thioether (sulfide) groups is 1. The molecular weight excluding hydrogens is 238 g/mol. The van der Waals surface area contributed by atoms with Crippen LogP contribution in [0.3, 0.4) is 0 Å². The first kappa shape index (κ1) is 11.9. The maximum Gasteiger partial charge on any atom is 0.233 e. The molecule has 0 aliphatic carbocycles. The molecule has 1 aromatic rings. The van der Waals surface area contributed by atoms with Gasteiger partial charge in [-0.3, -0.25) is 4.79 Å². The van der Waals surface area contributed by atoms with Crippen molar-refractivity contribution in [1.29, 1.82) is 0 Å². The smallest absolute Gasteiger partial charge is 0.233 e. The van der Waals surface area contributed by atoms with Gasteiger partial charge in [0.25, 0.3) is 0 Å². The van der Waals surface area contributed by atoms with Gasteiger partial charge in [-0.2, -0.15) is 11.8 Å². The molecule has 0 saturated carbocycles. The number of thiophene rings is 1. The fraction of sp³-hybridized carbons (Fsp3) is 0.444. The van der Waals surface area contributed by atoms with E-state index < -0.39 is 0 Å². The number of carbonyl (C=O) groups is 1. The van der Waals surface area contributed by atoms with E-state index in [1.54, 1.807) is 0 Å². The zero-order valence-corrected chi connectivity index (χ0v) is 10.4. The van der Waals surface area contributed by atoms with Crippen LogP contribution in [-0.4, -0.2) is 17.4 Å². The number of halogens is 1. The van der Waals surface area contributed by atoms with Crippen molar-refractivity contribution in [2.75, 3.05) is 6.26 Å². The Morgan fingerprint density at radius 2 is 2.43 bits per heavy atom. The van der Waals surface area contributed by atoms with E-state index in [1.165, 1.54) is 23.1 Å². The van der Waals surface area contributed by atoms with Crippen LogP contribution < -0.4 is 5.32 Å². The van der Waals surface area contributed by atoms with Crippen LogP contribution in [0.5, 0.6) is 0 Å². The molecule has 1 aromatic heterocycles. The Morgan fingerprint density at radius 3 is 2.93 bits per heavy atom. The average Bonchev–Trinajstić information content (AvgIpc) is 2.59. The Balaban J connectivity index is 2.37. The summed E-state index contributed by atoms with van der Waals surface area (Å²) in [5, 5.41) is 2.86. The molecule has 0 radical (unpaired) electrons. The summed E-state index contributed by atoms with van der Waals surface area (Å²) in [4.78, 5) is 12.5. The molecule has 0 saturated heterocycles. The second-order valence-electron chi connectivity index (χ2n) is 2.80. The van der Waals surface area contributed by atoms with Crippen LogP contribution in [0.25, 0.3) is 0 Å². The molecule has 0 spiro atoms. The first-order valence-corrected chi connectivity index (χ1v) is 6.66. The lowest BCUT2D eigenvalue weighted by Crippen LogP contribution is -2.29. The van der Waals surface area contributed by atoms with Crippen molar-refractivity contribution in [2.24, 2.45) is 0 Å². The second-order valence-corrected chi connectivity index (χ2v) is 5.78. The SMILES string of the molecule is CSC(C)C(=O)NCc1ccc(Cl)s1. The Labute approximate surface area is 97.0 Å². The Kier molecular flexibility index (Phi) is 4.78. The third-order valence-corrected chi connectivity index (χ3v) is 3.94. The van der Waals surface area contributed by atoms with Crippen molar-refractivity contribution < 1.29 is 4.79 Å². The molecule has 5 heteroatoms. The maximum absolute atomic E-state index is 11.4. The molecule has 1 heterocycles. The molecule has 14 heavy (non-hydrogen) atoms. The van der Waals surface area contributed by atoms with Gasteiger partial charge in [0.15, 0.2) is 0 Å². The summed E-state index contributed by atoms with van der Waals surface area (Å²) >= 11 is 8.80. The summed E-state index contributed by atoms with van der Waals surface area (Å²) in [6.45, 7) is 2.46. The van der Waals surface area contributed by atoms with E-state index in [2.05, 4.69) is 5.32 Å². The predicted molar refractivity (Wildman–Crippen MR) is 64.2 cm³/mol. The summed E-state index contributed by atoms with van der Waals surface area (Å²) in [7, 11) is 0. The van der Waals surface area contributed by atoms with Crippen LogP contribution in [0.4, 0.5) is 0 Å². The Bertz CT molecular complexity index is 314. The molecular formula is C9H12ClNOS2. The standard InChI is InChI=1S/C9H12ClNOS2/c1-6(13-2)9(12)11-5-7-3-4-8(10)14-7/h3-4,6H,5H2,1-2H3,(H,11,12). The monoisotopic (exact) mass is 249 g/mol. The molecule has 0 aliphatic rings. The first-order chi connectivity index (χ1) is 6.63. The Morgan fingerprint density at radius 1 is 1.71 bits per heavy atom. The molecule has 1 rings (SSSR count). The molecule has 0 fully saturated rings. The number of nitrogens with one attached hydrogen (secondary N) is 1. The molecule has 0 bridgehead atoms. The van der Waals surface area contributed by atoms with E-state index in [0.29, 0.717) is 6.54 Å². The van der Waals surface area contributed by atoms with Crippen molar-refractivity contribution in [1.82, 2.24) is 5.32 Å². The van der Waals surface area contributed by atoms with Crippen LogP contribution >= 0.6 is 34.7 Å². The maximum atomic E-state index is 11.4. The lowest BCUT2D eigenvalue weighted by Gasteiger charge is -2.08. The number of amides is 1. The highest BCUT2D eigenvalue weighted by Crippen LogP contribution is 2.21. The van der Waals surface area contributed by atoms with Crippen LogP contribution in [0.1, 0.15) is 11.8 Å². The number of hydrogen-bond acceptors (Lipinski definition) is 3. The van der Waals surface area contributed by atoms with Gasteiger partial charge in [-0.15, -0.1) is 11.3 Å². The third kappa shape index (κ3) is 3.52. The van der Waals surface area contributed by atoms with Crippen LogP contribution in [-0.2, 0) is 11.3 Å². The normalized spacial score (nSPS) is 12.5.